The number of aryl methyl sites for hydroxylation is 1. The van der Waals surface area contributed by atoms with E-state index in [1.165, 1.54) is 5.56 Å². The summed E-state index contributed by atoms with van der Waals surface area (Å²) in [4.78, 5) is 4.32. The highest BCUT2D eigenvalue weighted by Gasteiger charge is 2.13. The molecule has 96 valence electrons. The Kier molecular flexibility index (Phi) is 4.49. The minimum Gasteiger partial charge on any atom is -0.313 e. The fourth-order valence-corrected chi connectivity index (χ4v) is 2.24. The van der Waals surface area contributed by atoms with Crippen LogP contribution < -0.4 is 5.32 Å². The molecule has 5 heteroatoms. The molecule has 0 aliphatic heterocycles. The Hall–Kier alpha value is -1.20. The van der Waals surface area contributed by atoms with Crippen molar-refractivity contribution in [2.24, 2.45) is 0 Å². The zero-order valence-corrected chi connectivity index (χ0v) is 12.2. The Labute approximate surface area is 116 Å². The van der Waals surface area contributed by atoms with Crippen molar-refractivity contribution in [2.75, 3.05) is 7.05 Å². The summed E-state index contributed by atoms with van der Waals surface area (Å²) in [7, 11) is 1.97. The van der Waals surface area contributed by atoms with Gasteiger partial charge in [-0.3, -0.25) is 4.68 Å². The highest BCUT2D eigenvalue weighted by atomic mass is 79.9. The number of hydrogen-bond donors (Lipinski definition) is 1. The Morgan fingerprint density at radius 1 is 1.33 bits per heavy atom. The molecule has 0 saturated carbocycles. The third-order valence-corrected chi connectivity index (χ3v) is 3.53. The van der Waals surface area contributed by atoms with E-state index in [4.69, 9.17) is 0 Å². The van der Waals surface area contributed by atoms with Gasteiger partial charge in [0, 0.05) is 23.5 Å². The fourth-order valence-electron chi connectivity index (χ4n) is 1.97. The average molecular weight is 309 g/mol. The van der Waals surface area contributed by atoms with Gasteiger partial charge in [0.25, 0.3) is 0 Å². The number of rotatable bonds is 5. The quantitative estimate of drug-likeness (QED) is 0.923. The predicted octanol–water partition coefficient (Wildman–Crippen LogP) is 2.56. The maximum Gasteiger partial charge on any atom is 0.138 e. The first-order chi connectivity index (χ1) is 8.74. The second kappa shape index (κ2) is 6.11. The summed E-state index contributed by atoms with van der Waals surface area (Å²) >= 11 is 3.45. The predicted molar refractivity (Wildman–Crippen MR) is 75.3 cm³/mol. The third kappa shape index (κ3) is 2.97. The monoisotopic (exact) mass is 308 g/mol. The van der Waals surface area contributed by atoms with Crippen LogP contribution in [0.3, 0.4) is 0 Å². The van der Waals surface area contributed by atoms with Crippen LogP contribution in [0.4, 0.5) is 0 Å². The van der Waals surface area contributed by atoms with Crippen molar-refractivity contribution in [3.05, 3.63) is 46.5 Å². The lowest BCUT2D eigenvalue weighted by Gasteiger charge is -2.16. The summed E-state index contributed by atoms with van der Waals surface area (Å²) in [5, 5.41) is 7.53. The second-order valence-corrected chi connectivity index (χ2v) is 5.00. The Bertz CT molecular complexity index is 492. The number of benzene rings is 1. The van der Waals surface area contributed by atoms with E-state index in [2.05, 4.69) is 62.5 Å². The molecule has 1 heterocycles. The Balaban J connectivity index is 2.17. The van der Waals surface area contributed by atoms with Gasteiger partial charge in [-0.25, -0.2) is 4.98 Å². The maximum atomic E-state index is 4.32. The SMILES string of the molecule is CCn1ncnc1CC(NC)c1ccc(Br)cc1. The highest BCUT2D eigenvalue weighted by molar-refractivity contribution is 9.10. The summed E-state index contributed by atoms with van der Waals surface area (Å²) in [6, 6.07) is 8.62. The van der Waals surface area contributed by atoms with Gasteiger partial charge in [-0.15, -0.1) is 0 Å². The van der Waals surface area contributed by atoms with Crippen molar-refractivity contribution < 1.29 is 0 Å². The van der Waals surface area contributed by atoms with Crippen LogP contribution in [0, 0.1) is 0 Å². The molecule has 1 aromatic heterocycles. The van der Waals surface area contributed by atoms with Crippen molar-refractivity contribution in [1.29, 1.82) is 0 Å². The number of hydrogen-bond acceptors (Lipinski definition) is 3. The number of nitrogens with one attached hydrogen (secondary N) is 1. The number of halogens is 1. The van der Waals surface area contributed by atoms with E-state index in [-0.39, 0.29) is 6.04 Å². The van der Waals surface area contributed by atoms with Gasteiger partial charge in [-0.05, 0) is 31.7 Å². The molecule has 4 nitrogen and oxygen atoms in total. The molecule has 0 radical (unpaired) electrons. The zero-order chi connectivity index (χ0) is 13.0. The van der Waals surface area contributed by atoms with E-state index < -0.39 is 0 Å². The van der Waals surface area contributed by atoms with Gasteiger partial charge < -0.3 is 5.32 Å². The number of likely N-dealkylation sites (N-methyl/N-ethyl adjacent to an activating group) is 1. The van der Waals surface area contributed by atoms with E-state index >= 15 is 0 Å². The molecule has 2 aromatic rings. The number of aromatic nitrogens is 3. The maximum absolute atomic E-state index is 4.32. The lowest BCUT2D eigenvalue weighted by molar-refractivity contribution is 0.533. The minimum atomic E-state index is 0.257. The molecule has 2 rings (SSSR count). The van der Waals surface area contributed by atoms with Gasteiger partial charge in [0.05, 0.1) is 0 Å². The van der Waals surface area contributed by atoms with Crippen LogP contribution in [0.2, 0.25) is 0 Å². The Morgan fingerprint density at radius 3 is 2.67 bits per heavy atom. The summed E-state index contributed by atoms with van der Waals surface area (Å²) < 4.78 is 3.03. The molecule has 0 spiro atoms. The van der Waals surface area contributed by atoms with Crippen molar-refractivity contribution in [3.8, 4) is 0 Å². The largest absolute Gasteiger partial charge is 0.313 e. The molecular formula is C13H17BrN4. The zero-order valence-electron chi connectivity index (χ0n) is 10.6. The van der Waals surface area contributed by atoms with E-state index in [9.17, 15) is 0 Å². The molecule has 0 aliphatic rings. The molecular weight excluding hydrogens is 292 g/mol. The molecule has 0 fully saturated rings. The second-order valence-electron chi connectivity index (χ2n) is 4.09. The van der Waals surface area contributed by atoms with Crippen LogP contribution in [-0.4, -0.2) is 21.8 Å². The lowest BCUT2D eigenvalue weighted by atomic mass is 10.0. The Morgan fingerprint density at radius 2 is 2.06 bits per heavy atom. The first-order valence-electron chi connectivity index (χ1n) is 6.04. The smallest absolute Gasteiger partial charge is 0.138 e. The fraction of sp³-hybridized carbons (Fsp3) is 0.385. The molecule has 1 atom stereocenters. The first kappa shape index (κ1) is 13.2. The molecule has 1 unspecified atom stereocenters. The van der Waals surface area contributed by atoms with Crippen LogP contribution in [-0.2, 0) is 13.0 Å². The summed E-state index contributed by atoms with van der Waals surface area (Å²) in [5.74, 6) is 1.01. The van der Waals surface area contributed by atoms with Gasteiger partial charge in [-0.1, -0.05) is 28.1 Å². The molecule has 0 saturated heterocycles. The van der Waals surface area contributed by atoms with E-state index in [0.29, 0.717) is 0 Å². The average Bonchev–Trinajstić information content (AvgIpc) is 2.84. The van der Waals surface area contributed by atoms with E-state index in [0.717, 1.165) is 23.3 Å². The number of nitrogens with zero attached hydrogens (tertiary/aromatic N) is 3. The van der Waals surface area contributed by atoms with Crippen molar-refractivity contribution >= 4 is 15.9 Å². The lowest BCUT2D eigenvalue weighted by Crippen LogP contribution is -2.21. The summed E-state index contributed by atoms with van der Waals surface area (Å²) in [6.45, 7) is 2.93. The van der Waals surface area contributed by atoms with E-state index in [1.807, 2.05) is 11.7 Å². The standard InChI is InChI=1S/C13H17BrN4/c1-3-18-13(16-9-17-18)8-12(15-2)10-4-6-11(14)7-5-10/h4-7,9,12,15H,3,8H2,1-2H3. The molecule has 18 heavy (non-hydrogen) atoms. The molecule has 0 amide bonds. The van der Waals surface area contributed by atoms with Crippen molar-refractivity contribution in [1.82, 2.24) is 20.1 Å². The van der Waals surface area contributed by atoms with Crippen molar-refractivity contribution in [2.45, 2.75) is 25.9 Å². The molecule has 1 N–H and O–H groups in total. The van der Waals surface area contributed by atoms with Crippen LogP contribution in [0.15, 0.2) is 35.1 Å². The molecule has 0 bridgehead atoms. The molecule has 1 aromatic carbocycles. The van der Waals surface area contributed by atoms with Crippen molar-refractivity contribution in [3.63, 3.8) is 0 Å². The van der Waals surface area contributed by atoms with Gasteiger partial charge in [0.2, 0.25) is 0 Å². The van der Waals surface area contributed by atoms with Crippen LogP contribution >= 0.6 is 15.9 Å². The molecule has 0 aliphatic carbocycles. The summed E-state index contributed by atoms with van der Waals surface area (Å²) in [5.41, 5.74) is 1.26. The van der Waals surface area contributed by atoms with Gasteiger partial charge >= 0.3 is 0 Å². The van der Waals surface area contributed by atoms with Crippen LogP contribution in [0.25, 0.3) is 0 Å². The van der Waals surface area contributed by atoms with Gasteiger partial charge in [0.15, 0.2) is 0 Å². The third-order valence-electron chi connectivity index (χ3n) is 3.00. The van der Waals surface area contributed by atoms with Gasteiger partial charge in [-0.2, -0.15) is 5.10 Å². The highest BCUT2D eigenvalue weighted by Crippen LogP contribution is 2.19. The van der Waals surface area contributed by atoms with E-state index in [1.54, 1.807) is 6.33 Å². The van der Waals surface area contributed by atoms with Crippen LogP contribution in [0.5, 0.6) is 0 Å². The minimum absolute atomic E-state index is 0.257. The topological polar surface area (TPSA) is 42.7 Å². The first-order valence-corrected chi connectivity index (χ1v) is 6.83. The van der Waals surface area contributed by atoms with Gasteiger partial charge in [0.1, 0.15) is 12.2 Å². The van der Waals surface area contributed by atoms with Crippen LogP contribution in [0.1, 0.15) is 24.4 Å². The normalized spacial score (nSPS) is 12.6. The summed E-state index contributed by atoms with van der Waals surface area (Å²) in [6.07, 6.45) is 2.46.